The van der Waals surface area contributed by atoms with Gasteiger partial charge in [-0.25, -0.2) is 0 Å². The van der Waals surface area contributed by atoms with E-state index in [-0.39, 0.29) is 12.6 Å². The van der Waals surface area contributed by atoms with Crippen molar-refractivity contribution in [3.63, 3.8) is 0 Å². The summed E-state index contributed by atoms with van der Waals surface area (Å²) in [7, 11) is 0. The summed E-state index contributed by atoms with van der Waals surface area (Å²) in [5.41, 5.74) is 4.67. The molecule has 3 aliphatic rings. The molecule has 1 aliphatic carbocycles. The fourth-order valence-electron chi connectivity index (χ4n) is 4.92. The highest BCUT2D eigenvalue weighted by molar-refractivity contribution is 5.94. The molecule has 0 radical (unpaired) electrons. The summed E-state index contributed by atoms with van der Waals surface area (Å²) in [6.45, 7) is 4.76. The number of fused-ring (bicyclic) bond motifs is 1. The Bertz CT molecular complexity index is 1200. The molecule has 174 valence electrons. The molecule has 0 amide bonds. The molecule has 1 saturated heterocycles. The first-order valence-electron chi connectivity index (χ1n) is 12.0. The molecule has 2 aliphatic heterocycles. The molecule has 0 bridgehead atoms. The quantitative estimate of drug-likeness (QED) is 0.532. The van der Waals surface area contributed by atoms with Gasteiger partial charge < -0.3 is 14.2 Å². The van der Waals surface area contributed by atoms with Gasteiger partial charge in [-0.2, -0.15) is 0 Å². The minimum absolute atomic E-state index is 0.219. The molecule has 34 heavy (non-hydrogen) atoms. The number of nitrogens with zero attached hydrogens (tertiary/aromatic N) is 2. The zero-order chi connectivity index (χ0) is 23.0. The minimum atomic E-state index is -0.417. The van der Waals surface area contributed by atoms with Gasteiger partial charge >= 0.3 is 0 Å². The molecule has 0 atom stereocenters. The second kappa shape index (κ2) is 8.85. The first kappa shape index (κ1) is 21.3. The molecule has 3 aromatic rings. The van der Waals surface area contributed by atoms with E-state index < -0.39 is 5.41 Å². The summed E-state index contributed by atoms with van der Waals surface area (Å²) in [5, 5.41) is 0. The smallest absolute Gasteiger partial charge is 0.231 e. The largest absolute Gasteiger partial charge is 0.454 e. The van der Waals surface area contributed by atoms with Gasteiger partial charge in [0.2, 0.25) is 6.79 Å². The average molecular weight is 457 g/mol. The van der Waals surface area contributed by atoms with Crippen LogP contribution in [-0.2, 0) is 27.9 Å². The molecule has 1 aromatic heterocycles. The predicted octanol–water partition coefficient (Wildman–Crippen LogP) is 4.15. The van der Waals surface area contributed by atoms with E-state index in [1.165, 1.54) is 5.56 Å². The molecule has 6 nitrogen and oxygen atoms in total. The van der Waals surface area contributed by atoms with Crippen molar-refractivity contribution in [3.8, 4) is 22.8 Å². The van der Waals surface area contributed by atoms with E-state index in [1.807, 2.05) is 36.4 Å². The van der Waals surface area contributed by atoms with E-state index in [4.69, 9.17) is 19.2 Å². The number of Topliss-reactive ketones (excluding diaryl/α,β-unsaturated/α-hetero) is 1. The monoisotopic (exact) mass is 456 g/mol. The van der Waals surface area contributed by atoms with Gasteiger partial charge in [0.1, 0.15) is 5.78 Å². The standard InChI is InChI=1S/C28H28N2O4/c31-27(28(10-11-28)22-8-9-25-26(16-22)34-19-33-25)17-23-2-1-3-24(29-23)21-6-4-20(5-7-21)18-30-12-14-32-15-13-30/h1-9,16H,10-15,17-19H2. The van der Waals surface area contributed by atoms with E-state index in [2.05, 4.69) is 29.2 Å². The number of ether oxygens (including phenoxy) is 3. The summed E-state index contributed by atoms with van der Waals surface area (Å²) in [6, 6.07) is 20.4. The van der Waals surface area contributed by atoms with Crippen LogP contribution in [0.3, 0.4) is 0 Å². The highest BCUT2D eigenvalue weighted by Crippen LogP contribution is 2.51. The Kier molecular flexibility index (Phi) is 5.55. The number of rotatable bonds is 7. The highest BCUT2D eigenvalue weighted by Gasteiger charge is 2.51. The number of ketones is 1. The van der Waals surface area contributed by atoms with Crippen LogP contribution in [0.1, 0.15) is 29.7 Å². The van der Waals surface area contributed by atoms with Crippen molar-refractivity contribution in [2.45, 2.75) is 31.2 Å². The third-order valence-electron chi connectivity index (χ3n) is 7.12. The Morgan fingerprint density at radius 1 is 0.941 bits per heavy atom. The first-order valence-corrected chi connectivity index (χ1v) is 12.0. The van der Waals surface area contributed by atoms with Crippen LogP contribution in [0.2, 0.25) is 0 Å². The SMILES string of the molecule is O=C(Cc1cccc(-c2ccc(CN3CCOCC3)cc2)n1)C1(c2ccc3c(c2)OCO3)CC1. The third kappa shape index (κ3) is 4.19. The van der Waals surface area contributed by atoms with Gasteiger partial charge in [-0.1, -0.05) is 36.4 Å². The molecule has 2 aromatic carbocycles. The van der Waals surface area contributed by atoms with Crippen LogP contribution >= 0.6 is 0 Å². The van der Waals surface area contributed by atoms with Crippen molar-refractivity contribution >= 4 is 5.78 Å². The molecule has 2 fully saturated rings. The lowest BCUT2D eigenvalue weighted by atomic mass is 9.88. The Morgan fingerprint density at radius 3 is 2.53 bits per heavy atom. The predicted molar refractivity (Wildman–Crippen MR) is 128 cm³/mol. The zero-order valence-electron chi connectivity index (χ0n) is 19.2. The molecule has 1 saturated carbocycles. The molecule has 0 spiro atoms. The summed E-state index contributed by atoms with van der Waals surface area (Å²) < 4.78 is 16.4. The van der Waals surface area contributed by atoms with Gasteiger partial charge in [0.15, 0.2) is 11.5 Å². The van der Waals surface area contributed by atoms with E-state index in [9.17, 15) is 4.79 Å². The zero-order valence-corrected chi connectivity index (χ0v) is 19.2. The van der Waals surface area contributed by atoms with Crippen molar-refractivity contribution < 1.29 is 19.0 Å². The van der Waals surface area contributed by atoms with Gasteiger partial charge in [0.25, 0.3) is 0 Å². The molecule has 0 unspecified atom stereocenters. The average Bonchev–Trinajstić information content (AvgIpc) is 3.56. The van der Waals surface area contributed by atoms with Crippen LogP contribution in [0, 0.1) is 0 Å². The lowest BCUT2D eigenvalue weighted by Crippen LogP contribution is -2.35. The van der Waals surface area contributed by atoms with Crippen molar-refractivity contribution in [1.82, 2.24) is 9.88 Å². The van der Waals surface area contributed by atoms with Crippen LogP contribution < -0.4 is 9.47 Å². The molecular weight excluding hydrogens is 428 g/mol. The Hall–Kier alpha value is -3.22. The fraction of sp³-hybridized carbons (Fsp3) is 0.357. The third-order valence-corrected chi connectivity index (χ3v) is 7.12. The topological polar surface area (TPSA) is 60.9 Å². The normalized spacial score (nSPS) is 18.6. The number of carbonyl (C=O) groups excluding carboxylic acids is 1. The fourth-order valence-corrected chi connectivity index (χ4v) is 4.92. The number of carbonyl (C=O) groups is 1. The molecule has 3 heterocycles. The second-order valence-electron chi connectivity index (χ2n) is 9.35. The van der Waals surface area contributed by atoms with Crippen LogP contribution in [0.5, 0.6) is 11.5 Å². The number of benzene rings is 2. The molecule has 6 rings (SSSR count). The van der Waals surface area contributed by atoms with Gasteiger partial charge in [-0.15, -0.1) is 0 Å². The van der Waals surface area contributed by atoms with Crippen LogP contribution in [0.25, 0.3) is 11.3 Å². The van der Waals surface area contributed by atoms with Crippen molar-refractivity contribution in [3.05, 3.63) is 77.5 Å². The van der Waals surface area contributed by atoms with Gasteiger partial charge in [-0.05, 0) is 48.2 Å². The Balaban J connectivity index is 1.15. The van der Waals surface area contributed by atoms with E-state index in [0.717, 1.165) is 79.7 Å². The maximum absolute atomic E-state index is 13.4. The van der Waals surface area contributed by atoms with Crippen LogP contribution in [0.15, 0.2) is 60.7 Å². The van der Waals surface area contributed by atoms with Crippen LogP contribution in [-0.4, -0.2) is 48.8 Å². The first-order chi connectivity index (χ1) is 16.7. The second-order valence-corrected chi connectivity index (χ2v) is 9.35. The number of hydrogen-bond acceptors (Lipinski definition) is 6. The number of hydrogen-bond donors (Lipinski definition) is 0. The molecule has 0 N–H and O–H groups in total. The number of morpholine rings is 1. The molecule has 6 heteroatoms. The highest BCUT2D eigenvalue weighted by atomic mass is 16.7. The van der Waals surface area contributed by atoms with E-state index in [1.54, 1.807) is 0 Å². The van der Waals surface area contributed by atoms with Crippen molar-refractivity contribution in [2.24, 2.45) is 0 Å². The summed E-state index contributed by atoms with van der Waals surface area (Å²) in [5.74, 6) is 1.70. The van der Waals surface area contributed by atoms with Crippen LogP contribution in [0.4, 0.5) is 0 Å². The molecular formula is C28H28N2O4. The lowest BCUT2D eigenvalue weighted by Gasteiger charge is -2.26. The minimum Gasteiger partial charge on any atom is -0.454 e. The van der Waals surface area contributed by atoms with Gasteiger partial charge in [-0.3, -0.25) is 14.7 Å². The van der Waals surface area contributed by atoms with Gasteiger partial charge in [0.05, 0.1) is 24.3 Å². The Labute approximate surface area is 199 Å². The van der Waals surface area contributed by atoms with Crippen molar-refractivity contribution in [2.75, 3.05) is 33.1 Å². The van der Waals surface area contributed by atoms with E-state index in [0.29, 0.717) is 6.42 Å². The summed E-state index contributed by atoms with van der Waals surface area (Å²) in [4.78, 5) is 20.6. The maximum atomic E-state index is 13.4. The van der Waals surface area contributed by atoms with Gasteiger partial charge in [0, 0.05) is 37.3 Å². The van der Waals surface area contributed by atoms with E-state index >= 15 is 0 Å². The summed E-state index contributed by atoms with van der Waals surface area (Å²) in [6.07, 6.45) is 2.07. The van der Waals surface area contributed by atoms with Crippen molar-refractivity contribution in [1.29, 1.82) is 0 Å². The lowest BCUT2D eigenvalue weighted by molar-refractivity contribution is -0.120. The Morgan fingerprint density at radius 2 is 1.74 bits per heavy atom. The summed E-state index contributed by atoms with van der Waals surface area (Å²) >= 11 is 0. The maximum Gasteiger partial charge on any atom is 0.231 e. The number of pyridine rings is 1. The number of aromatic nitrogens is 1.